The van der Waals surface area contributed by atoms with Crippen molar-refractivity contribution in [3.63, 3.8) is 0 Å². The van der Waals surface area contributed by atoms with Crippen LogP contribution >= 0.6 is 0 Å². The van der Waals surface area contributed by atoms with Gasteiger partial charge in [0.1, 0.15) is 46.4 Å². The maximum absolute atomic E-state index is 15.1. The summed E-state index contributed by atoms with van der Waals surface area (Å²) < 4.78 is 55.4. The first-order valence-electron chi connectivity index (χ1n) is 20.4. The fourth-order valence-corrected chi connectivity index (χ4v) is 10.3. The lowest BCUT2D eigenvalue weighted by atomic mass is 9.86. The zero-order chi connectivity index (χ0) is 39.0. The number of nitrogens with zero attached hydrogens (tertiary/aromatic N) is 2. The zero-order valence-corrected chi connectivity index (χ0v) is 32.6. The lowest BCUT2D eigenvalue weighted by molar-refractivity contribution is -0.141. The van der Waals surface area contributed by atoms with E-state index in [1.165, 1.54) is 11.0 Å². The lowest BCUT2D eigenvalue weighted by Gasteiger charge is -2.37. The van der Waals surface area contributed by atoms with Crippen molar-refractivity contribution in [2.24, 2.45) is 5.92 Å². The van der Waals surface area contributed by atoms with Gasteiger partial charge in [0.05, 0.1) is 17.0 Å². The van der Waals surface area contributed by atoms with Crippen molar-refractivity contribution >= 4 is 44.7 Å². The molecule has 1 saturated heterocycles. The third-order valence-corrected chi connectivity index (χ3v) is 15.6. The molecule has 5 fully saturated rings. The highest BCUT2D eigenvalue weighted by Gasteiger charge is 2.64. The Morgan fingerprint density at radius 3 is 2.57 bits per heavy atom. The van der Waals surface area contributed by atoms with E-state index in [1.807, 2.05) is 18.2 Å². The predicted octanol–water partition coefficient (Wildman–Crippen LogP) is 4.96. The van der Waals surface area contributed by atoms with Crippen molar-refractivity contribution < 1.29 is 41.5 Å². The van der Waals surface area contributed by atoms with Crippen molar-refractivity contribution in [3.8, 4) is 5.75 Å². The minimum atomic E-state index is -4.00. The third-order valence-electron chi connectivity index (χ3n) is 13.4. The number of alkyl carbamates (subject to hydrolysis) is 1. The average Bonchev–Trinajstić information content (AvgIpc) is 4.08. The van der Waals surface area contributed by atoms with Crippen LogP contribution in [0.2, 0.25) is 0 Å². The number of hydrogen-bond donors (Lipinski definition) is 3. The number of para-hydroxylation sites is 1. The maximum atomic E-state index is 15.1. The SMILES string of the molecule is CC1(S(=O)(=O)NC(=O)[C@@]23CC2/C=C\CCCCC[C@H](NC(=O)OC2CCC2)C(=O)N2C[C@@]4(CCc5c(c(C6CC6)nc6c(F)cccc56)O4)C[C@H]2C(=O)N3)CC1. The van der Waals surface area contributed by atoms with Crippen LogP contribution in [0.15, 0.2) is 30.4 Å². The topological polar surface area (TPSA) is 173 Å². The second-order valence-corrected chi connectivity index (χ2v) is 19.8. The Labute approximate surface area is 325 Å². The molecule has 0 radical (unpaired) electrons. The zero-order valence-electron chi connectivity index (χ0n) is 31.7. The van der Waals surface area contributed by atoms with Gasteiger partial charge in [0, 0.05) is 29.2 Å². The van der Waals surface area contributed by atoms with Crippen molar-refractivity contribution in [2.45, 2.75) is 150 Å². The monoisotopic (exact) mass is 791 g/mol. The molecule has 13 nitrogen and oxygen atoms in total. The second-order valence-electron chi connectivity index (χ2n) is 17.6. The molecular formula is C41H50FN5O8S. The number of nitrogens with one attached hydrogen (secondary N) is 3. The van der Waals surface area contributed by atoms with Gasteiger partial charge in [-0.05, 0) is 96.5 Å². The van der Waals surface area contributed by atoms with Gasteiger partial charge in [0.25, 0.3) is 5.91 Å². The Morgan fingerprint density at radius 2 is 1.84 bits per heavy atom. The number of aromatic nitrogens is 1. The van der Waals surface area contributed by atoms with Crippen LogP contribution in [0.4, 0.5) is 9.18 Å². The predicted molar refractivity (Wildman–Crippen MR) is 202 cm³/mol. The molecule has 3 N–H and O–H groups in total. The van der Waals surface area contributed by atoms with Gasteiger partial charge in [-0.1, -0.05) is 37.1 Å². The molecule has 1 spiro atoms. The fraction of sp³-hybridized carbons (Fsp3) is 0.634. The van der Waals surface area contributed by atoms with Crippen molar-refractivity contribution in [1.29, 1.82) is 0 Å². The molecule has 1 unspecified atom stereocenters. The van der Waals surface area contributed by atoms with E-state index in [1.54, 1.807) is 13.0 Å². The minimum absolute atomic E-state index is 0.0275. The van der Waals surface area contributed by atoms with Gasteiger partial charge >= 0.3 is 6.09 Å². The van der Waals surface area contributed by atoms with Crippen LogP contribution in [-0.2, 0) is 35.6 Å². The summed E-state index contributed by atoms with van der Waals surface area (Å²) in [5.41, 5.74) is -0.703. The number of carbonyl (C=O) groups excluding carboxylic acids is 4. The van der Waals surface area contributed by atoms with Crippen molar-refractivity contribution in [2.75, 3.05) is 6.54 Å². The lowest BCUT2D eigenvalue weighted by Crippen LogP contribution is -2.58. The standard InChI is InChI=1S/C41H50FN5O8S/c1-39(19-20-39)56(52,53)46-37(50)41-21-25(41)9-5-3-2-4-6-14-30(43-38(51)54-26-10-7-11-26)36(49)47-23-40(22-31(47)35(48)45-41)18-17-28-27-12-8-13-29(42)33(27)44-32(24-15-16-24)34(28)55-40/h5,8-9,12-13,24-26,30-31H,2-4,6-7,10-11,14-23H2,1H3,(H,43,51)(H,45,48)(H,46,50)/b9-5-/t25?,30-,31-,40+,41+/m0/s1. The molecule has 7 aliphatic rings. The number of halogens is 1. The number of benzene rings is 1. The van der Waals surface area contributed by atoms with Crippen LogP contribution in [0.1, 0.15) is 120 Å². The van der Waals surface area contributed by atoms with E-state index in [0.717, 1.165) is 50.5 Å². The maximum Gasteiger partial charge on any atom is 0.408 e. The van der Waals surface area contributed by atoms with Gasteiger partial charge < -0.3 is 25.0 Å². The fourth-order valence-electron chi connectivity index (χ4n) is 8.99. The molecule has 2 aromatic rings. The largest absolute Gasteiger partial charge is 0.483 e. The molecule has 0 bridgehead atoms. The normalized spacial score (nSPS) is 32.0. The molecule has 9 rings (SSSR count). The van der Waals surface area contributed by atoms with Gasteiger partial charge in [0.2, 0.25) is 21.8 Å². The number of carbonyl (C=O) groups is 4. The average molecular weight is 792 g/mol. The molecular weight excluding hydrogens is 742 g/mol. The molecule has 15 heteroatoms. The van der Waals surface area contributed by atoms with E-state index in [0.29, 0.717) is 67.3 Å². The van der Waals surface area contributed by atoms with Crippen molar-refractivity contribution in [3.05, 3.63) is 47.4 Å². The number of aryl methyl sites for hydroxylation is 1. The van der Waals surface area contributed by atoms with Gasteiger partial charge in [-0.25, -0.2) is 22.6 Å². The molecule has 5 atom stereocenters. The number of hydrogen-bond acceptors (Lipinski definition) is 9. The summed E-state index contributed by atoms with van der Waals surface area (Å²) in [5, 5.41) is 6.45. The molecule has 4 aliphatic carbocycles. The Morgan fingerprint density at radius 1 is 1.04 bits per heavy atom. The van der Waals surface area contributed by atoms with Crippen molar-refractivity contribution in [1.82, 2.24) is 25.2 Å². The van der Waals surface area contributed by atoms with Crippen LogP contribution in [0.25, 0.3) is 10.9 Å². The van der Waals surface area contributed by atoms with Gasteiger partial charge in [-0.15, -0.1) is 0 Å². The Hall–Kier alpha value is -4.27. The van der Waals surface area contributed by atoms with E-state index in [9.17, 15) is 27.6 Å². The highest BCUT2D eigenvalue weighted by Crippen LogP contribution is 2.52. The second kappa shape index (κ2) is 13.7. The molecule has 4 amide bonds. The summed E-state index contributed by atoms with van der Waals surface area (Å²) in [4.78, 5) is 62.8. The summed E-state index contributed by atoms with van der Waals surface area (Å²) in [7, 11) is -4.00. The van der Waals surface area contributed by atoms with E-state index in [2.05, 4.69) is 15.4 Å². The van der Waals surface area contributed by atoms with Crippen LogP contribution in [-0.4, -0.2) is 82.7 Å². The Kier molecular flexibility index (Phi) is 9.12. The summed E-state index contributed by atoms with van der Waals surface area (Å²) in [5.74, 6) is -1.99. The first-order valence-corrected chi connectivity index (χ1v) is 21.9. The number of pyridine rings is 1. The van der Waals surface area contributed by atoms with Crippen LogP contribution in [0, 0.1) is 11.7 Å². The highest BCUT2D eigenvalue weighted by atomic mass is 32.2. The number of sulfonamides is 1. The molecule has 300 valence electrons. The van der Waals surface area contributed by atoms with Gasteiger partial charge in [-0.3, -0.25) is 19.1 Å². The highest BCUT2D eigenvalue weighted by molar-refractivity contribution is 7.91. The molecule has 3 aliphatic heterocycles. The van der Waals surface area contributed by atoms with E-state index in [-0.39, 0.29) is 31.4 Å². The van der Waals surface area contributed by atoms with Gasteiger partial charge in [-0.2, -0.15) is 0 Å². The smallest absolute Gasteiger partial charge is 0.408 e. The third kappa shape index (κ3) is 6.70. The van der Waals surface area contributed by atoms with Crippen LogP contribution in [0.3, 0.4) is 0 Å². The number of amides is 4. The Bertz CT molecular complexity index is 2130. The number of ether oxygens (including phenoxy) is 2. The summed E-state index contributed by atoms with van der Waals surface area (Å²) in [6, 6.07) is 2.81. The molecule has 1 aromatic carbocycles. The minimum Gasteiger partial charge on any atom is -0.483 e. The summed E-state index contributed by atoms with van der Waals surface area (Å²) in [6.45, 7) is 1.62. The first kappa shape index (κ1) is 37.3. The molecule has 4 heterocycles. The first-order chi connectivity index (χ1) is 26.8. The number of rotatable bonds is 6. The van der Waals surface area contributed by atoms with E-state index in [4.69, 9.17) is 14.5 Å². The van der Waals surface area contributed by atoms with Gasteiger partial charge in [0.15, 0.2) is 0 Å². The van der Waals surface area contributed by atoms with E-state index < -0.39 is 73.5 Å². The molecule has 56 heavy (non-hydrogen) atoms. The molecule has 1 aromatic heterocycles. The van der Waals surface area contributed by atoms with E-state index >= 15 is 4.39 Å². The summed E-state index contributed by atoms with van der Waals surface area (Å²) in [6.07, 6.45) is 12.6. The number of allylic oxidation sites excluding steroid dienone is 1. The van der Waals surface area contributed by atoms with Crippen LogP contribution < -0.4 is 20.1 Å². The summed E-state index contributed by atoms with van der Waals surface area (Å²) >= 11 is 0. The quantitative estimate of drug-likeness (QED) is 0.342. The van der Waals surface area contributed by atoms with Crippen LogP contribution in [0.5, 0.6) is 5.75 Å². The number of fused-ring (bicyclic) bond motifs is 5. The molecule has 4 saturated carbocycles. The Balaban J connectivity index is 1.06.